The summed E-state index contributed by atoms with van der Waals surface area (Å²) in [6, 6.07) is 12.7. The first kappa shape index (κ1) is 13.4. The summed E-state index contributed by atoms with van der Waals surface area (Å²) in [7, 11) is 0. The second-order valence-electron chi connectivity index (χ2n) is 4.02. The highest BCUT2D eigenvalue weighted by atomic mass is 35.5. The van der Waals surface area contributed by atoms with E-state index in [0.29, 0.717) is 16.5 Å². The third-order valence-electron chi connectivity index (χ3n) is 2.74. The van der Waals surface area contributed by atoms with Gasteiger partial charge in [-0.05, 0) is 12.1 Å². The summed E-state index contributed by atoms with van der Waals surface area (Å²) >= 11 is 17.9. The van der Waals surface area contributed by atoms with E-state index in [1.165, 1.54) is 6.07 Å². The van der Waals surface area contributed by atoms with Crippen molar-refractivity contribution in [1.82, 2.24) is 10.2 Å². The van der Waals surface area contributed by atoms with Gasteiger partial charge in [-0.25, -0.2) is 0 Å². The Kier molecular flexibility index (Phi) is 3.66. The van der Waals surface area contributed by atoms with Crippen LogP contribution < -0.4 is 4.74 Å². The molecule has 1 aromatic heterocycles. The standard InChI is InChI=1S/C14H7Cl3N2O/c15-10-5-6-11(9-4-2-1-3-8(9)10)20-12-7-13(16)18-19-14(12)17/h1-7H. The molecule has 0 aliphatic heterocycles. The first-order valence-electron chi connectivity index (χ1n) is 5.69. The number of benzene rings is 2. The third-order valence-corrected chi connectivity index (χ3v) is 3.51. The monoisotopic (exact) mass is 324 g/mol. The lowest BCUT2D eigenvalue weighted by Gasteiger charge is -2.10. The normalized spacial score (nSPS) is 10.8. The molecule has 3 nitrogen and oxygen atoms in total. The smallest absolute Gasteiger partial charge is 0.194 e. The molecule has 0 fully saturated rings. The predicted molar refractivity (Wildman–Crippen MR) is 81.1 cm³/mol. The van der Waals surface area contributed by atoms with Crippen LogP contribution in [0, 0.1) is 0 Å². The molecule has 0 spiro atoms. The number of fused-ring (bicyclic) bond motifs is 1. The molecule has 0 N–H and O–H groups in total. The summed E-state index contributed by atoms with van der Waals surface area (Å²) in [5.41, 5.74) is 0. The largest absolute Gasteiger partial charge is 0.453 e. The van der Waals surface area contributed by atoms with Crippen LogP contribution >= 0.6 is 34.8 Å². The zero-order valence-corrected chi connectivity index (χ0v) is 12.2. The lowest BCUT2D eigenvalue weighted by molar-refractivity contribution is 0.484. The Labute approximate surface area is 130 Å². The molecule has 3 rings (SSSR count). The predicted octanol–water partition coefficient (Wildman–Crippen LogP) is 5.38. The van der Waals surface area contributed by atoms with E-state index < -0.39 is 0 Å². The van der Waals surface area contributed by atoms with Crippen molar-refractivity contribution < 1.29 is 4.74 Å². The lowest BCUT2D eigenvalue weighted by Crippen LogP contribution is -1.91. The van der Waals surface area contributed by atoms with E-state index in [9.17, 15) is 0 Å². The summed E-state index contributed by atoms with van der Waals surface area (Å²) in [4.78, 5) is 0. The maximum absolute atomic E-state index is 6.16. The minimum Gasteiger partial charge on any atom is -0.453 e. The Hall–Kier alpha value is -1.55. The van der Waals surface area contributed by atoms with Gasteiger partial charge in [0.15, 0.2) is 16.1 Å². The number of hydrogen-bond donors (Lipinski definition) is 0. The average Bonchev–Trinajstić information content (AvgIpc) is 2.46. The van der Waals surface area contributed by atoms with Gasteiger partial charge in [0.2, 0.25) is 0 Å². The van der Waals surface area contributed by atoms with Crippen LogP contribution in [0.3, 0.4) is 0 Å². The van der Waals surface area contributed by atoms with Gasteiger partial charge in [0.05, 0.1) is 0 Å². The number of halogens is 3. The van der Waals surface area contributed by atoms with Gasteiger partial charge >= 0.3 is 0 Å². The second kappa shape index (κ2) is 5.44. The molecular formula is C14H7Cl3N2O. The molecule has 0 bridgehead atoms. The number of ether oxygens (including phenoxy) is 1. The van der Waals surface area contributed by atoms with Crippen LogP contribution in [0.25, 0.3) is 10.8 Å². The van der Waals surface area contributed by atoms with Gasteiger partial charge in [0, 0.05) is 21.9 Å². The molecule has 20 heavy (non-hydrogen) atoms. The maximum Gasteiger partial charge on any atom is 0.194 e. The van der Waals surface area contributed by atoms with Crippen molar-refractivity contribution in [3.05, 3.63) is 57.8 Å². The highest BCUT2D eigenvalue weighted by Crippen LogP contribution is 2.36. The van der Waals surface area contributed by atoms with Gasteiger partial charge in [0.1, 0.15) is 5.75 Å². The molecule has 100 valence electrons. The Bertz CT molecular complexity index is 792. The Morgan fingerprint density at radius 1 is 0.800 bits per heavy atom. The number of rotatable bonds is 2. The van der Waals surface area contributed by atoms with Gasteiger partial charge in [-0.2, -0.15) is 0 Å². The fraction of sp³-hybridized carbons (Fsp3) is 0. The number of hydrogen-bond acceptors (Lipinski definition) is 3. The van der Waals surface area contributed by atoms with Crippen LogP contribution in [0.5, 0.6) is 11.5 Å². The van der Waals surface area contributed by atoms with Crippen molar-refractivity contribution in [2.75, 3.05) is 0 Å². The summed E-state index contributed by atoms with van der Waals surface area (Å²) in [5.74, 6) is 0.968. The molecule has 1 heterocycles. The van der Waals surface area contributed by atoms with Crippen LogP contribution in [-0.2, 0) is 0 Å². The maximum atomic E-state index is 6.16. The highest BCUT2D eigenvalue weighted by Gasteiger charge is 2.10. The van der Waals surface area contributed by atoms with Crippen molar-refractivity contribution in [2.45, 2.75) is 0 Å². The van der Waals surface area contributed by atoms with Gasteiger partial charge in [-0.1, -0.05) is 59.1 Å². The average molecular weight is 326 g/mol. The van der Waals surface area contributed by atoms with Crippen LogP contribution in [0.15, 0.2) is 42.5 Å². The van der Waals surface area contributed by atoms with Crippen LogP contribution in [0.2, 0.25) is 15.3 Å². The van der Waals surface area contributed by atoms with E-state index in [2.05, 4.69) is 10.2 Å². The molecule has 0 amide bonds. The van der Waals surface area contributed by atoms with Crippen LogP contribution in [0.1, 0.15) is 0 Å². The molecule has 2 aromatic carbocycles. The molecule has 0 radical (unpaired) electrons. The van der Waals surface area contributed by atoms with Gasteiger partial charge < -0.3 is 4.74 Å². The Balaban J connectivity index is 2.11. The summed E-state index contributed by atoms with van der Waals surface area (Å²) in [5, 5.41) is 10.1. The molecule has 0 unspecified atom stereocenters. The zero-order chi connectivity index (χ0) is 14.1. The van der Waals surface area contributed by atoms with E-state index in [4.69, 9.17) is 39.5 Å². The SMILES string of the molecule is Clc1cc(Oc2ccc(Cl)c3ccccc23)c(Cl)nn1. The highest BCUT2D eigenvalue weighted by molar-refractivity contribution is 6.35. The fourth-order valence-corrected chi connectivity index (χ4v) is 2.35. The first-order chi connectivity index (χ1) is 9.65. The van der Waals surface area contributed by atoms with E-state index in [0.717, 1.165) is 10.8 Å². The first-order valence-corrected chi connectivity index (χ1v) is 6.82. The zero-order valence-electron chi connectivity index (χ0n) is 9.98. The molecule has 6 heteroatoms. The van der Waals surface area contributed by atoms with E-state index in [-0.39, 0.29) is 10.3 Å². The van der Waals surface area contributed by atoms with Crippen molar-refractivity contribution in [1.29, 1.82) is 0 Å². The summed E-state index contributed by atoms with van der Waals surface area (Å²) < 4.78 is 5.78. The summed E-state index contributed by atoms with van der Waals surface area (Å²) in [6.45, 7) is 0. The minimum atomic E-state index is 0.147. The van der Waals surface area contributed by atoms with Crippen LogP contribution in [0.4, 0.5) is 0 Å². The number of nitrogens with zero attached hydrogens (tertiary/aromatic N) is 2. The Morgan fingerprint density at radius 2 is 1.55 bits per heavy atom. The van der Waals surface area contributed by atoms with Crippen LogP contribution in [-0.4, -0.2) is 10.2 Å². The van der Waals surface area contributed by atoms with Gasteiger partial charge in [-0.15, -0.1) is 10.2 Å². The molecular weight excluding hydrogens is 319 g/mol. The third kappa shape index (κ3) is 2.52. The molecule has 0 aliphatic carbocycles. The molecule has 0 saturated carbocycles. The van der Waals surface area contributed by atoms with E-state index >= 15 is 0 Å². The number of aromatic nitrogens is 2. The quantitative estimate of drug-likeness (QED) is 0.634. The summed E-state index contributed by atoms with van der Waals surface area (Å²) in [6.07, 6.45) is 0. The van der Waals surface area contributed by atoms with E-state index in [1.54, 1.807) is 12.1 Å². The van der Waals surface area contributed by atoms with Gasteiger partial charge in [0.25, 0.3) is 0 Å². The fourth-order valence-electron chi connectivity index (χ4n) is 1.85. The topological polar surface area (TPSA) is 35.0 Å². The molecule has 0 saturated heterocycles. The molecule has 0 atom stereocenters. The van der Waals surface area contributed by atoms with Crippen molar-refractivity contribution in [2.24, 2.45) is 0 Å². The van der Waals surface area contributed by atoms with E-state index in [1.807, 2.05) is 24.3 Å². The lowest BCUT2D eigenvalue weighted by atomic mass is 10.1. The second-order valence-corrected chi connectivity index (χ2v) is 5.17. The van der Waals surface area contributed by atoms with Crippen molar-refractivity contribution in [3.8, 4) is 11.5 Å². The Morgan fingerprint density at radius 3 is 2.35 bits per heavy atom. The van der Waals surface area contributed by atoms with Crippen molar-refractivity contribution in [3.63, 3.8) is 0 Å². The van der Waals surface area contributed by atoms with Gasteiger partial charge in [-0.3, -0.25) is 0 Å². The molecule has 0 aliphatic rings. The molecule has 3 aromatic rings. The minimum absolute atomic E-state index is 0.147. The van der Waals surface area contributed by atoms with Crippen molar-refractivity contribution >= 4 is 45.6 Å².